The average molecular weight is 259 g/mol. The zero-order valence-electron chi connectivity index (χ0n) is 12.2. The number of furan rings is 1. The number of hydrogen-bond donors (Lipinski definition) is 1. The van der Waals surface area contributed by atoms with Crippen LogP contribution in [0.5, 0.6) is 0 Å². The largest absolute Gasteiger partial charge is 0.458 e. The van der Waals surface area contributed by atoms with Crippen LogP contribution in [0.25, 0.3) is 11.6 Å². The van der Waals surface area contributed by atoms with Gasteiger partial charge in [0.05, 0.1) is 5.69 Å². The third-order valence-electron chi connectivity index (χ3n) is 2.81. The van der Waals surface area contributed by atoms with Gasteiger partial charge in [-0.05, 0) is 26.0 Å². The highest BCUT2D eigenvalue weighted by atomic mass is 16.3. The van der Waals surface area contributed by atoms with Crippen LogP contribution in [0.4, 0.5) is 5.82 Å². The number of anilines is 1. The molecule has 2 aromatic rings. The van der Waals surface area contributed by atoms with E-state index in [1.165, 1.54) is 0 Å². The Morgan fingerprint density at radius 2 is 1.95 bits per heavy atom. The Kier molecular flexibility index (Phi) is 3.60. The Balaban J connectivity index is 2.51. The molecule has 0 aliphatic carbocycles. The number of nitrogens with one attached hydrogen (secondary N) is 1. The summed E-state index contributed by atoms with van der Waals surface area (Å²) in [5, 5.41) is 3.24. The SMILES string of the molecule is CCNc1cc(C(C)(C)C)nc(-c2ccc(C)o2)n1. The minimum atomic E-state index is -0.0243. The van der Waals surface area contributed by atoms with Gasteiger partial charge in [0.2, 0.25) is 0 Å². The number of rotatable bonds is 3. The fraction of sp³-hybridized carbons (Fsp3) is 0.467. The van der Waals surface area contributed by atoms with E-state index < -0.39 is 0 Å². The molecule has 0 spiro atoms. The smallest absolute Gasteiger partial charge is 0.197 e. The van der Waals surface area contributed by atoms with Crippen molar-refractivity contribution in [2.24, 2.45) is 0 Å². The first kappa shape index (κ1) is 13.6. The number of hydrogen-bond acceptors (Lipinski definition) is 4. The molecular formula is C15H21N3O. The van der Waals surface area contributed by atoms with Crippen LogP contribution >= 0.6 is 0 Å². The highest BCUT2D eigenvalue weighted by molar-refractivity contribution is 5.52. The summed E-state index contributed by atoms with van der Waals surface area (Å²) in [5.41, 5.74) is 0.978. The van der Waals surface area contributed by atoms with Gasteiger partial charge in [0.25, 0.3) is 0 Å². The van der Waals surface area contributed by atoms with Crippen molar-refractivity contribution in [1.82, 2.24) is 9.97 Å². The fourth-order valence-corrected chi connectivity index (χ4v) is 1.77. The van der Waals surface area contributed by atoms with Gasteiger partial charge in [-0.25, -0.2) is 9.97 Å². The highest BCUT2D eigenvalue weighted by Crippen LogP contribution is 2.26. The van der Waals surface area contributed by atoms with Crippen molar-refractivity contribution in [1.29, 1.82) is 0 Å². The van der Waals surface area contributed by atoms with Crippen LogP contribution < -0.4 is 5.32 Å². The molecule has 19 heavy (non-hydrogen) atoms. The van der Waals surface area contributed by atoms with E-state index in [1.807, 2.05) is 25.1 Å². The van der Waals surface area contributed by atoms with Crippen molar-refractivity contribution in [2.45, 2.75) is 40.0 Å². The summed E-state index contributed by atoms with van der Waals surface area (Å²) in [6, 6.07) is 5.84. The third-order valence-corrected chi connectivity index (χ3v) is 2.81. The summed E-state index contributed by atoms with van der Waals surface area (Å²) < 4.78 is 5.62. The summed E-state index contributed by atoms with van der Waals surface area (Å²) in [6.45, 7) is 11.2. The quantitative estimate of drug-likeness (QED) is 0.911. The van der Waals surface area contributed by atoms with Crippen molar-refractivity contribution in [3.05, 3.63) is 29.7 Å². The lowest BCUT2D eigenvalue weighted by Gasteiger charge is -2.19. The van der Waals surface area contributed by atoms with Gasteiger partial charge in [-0.15, -0.1) is 0 Å². The van der Waals surface area contributed by atoms with Crippen LogP contribution in [0.3, 0.4) is 0 Å². The van der Waals surface area contributed by atoms with Crippen molar-refractivity contribution in [3.63, 3.8) is 0 Å². The molecule has 2 rings (SSSR count). The number of aryl methyl sites for hydroxylation is 1. The first-order chi connectivity index (χ1) is 8.90. The second kappa shape index (κ2) is 5.03. The Hall–Kier alpha value is -1.84. The minimum Gasteiger partial charge on any atom is -0.458 e. The zero-order valence-corrected chi connectivity index (χ0v) is 12.2. The van der Waals surface area contributed by atoms with Crippen LogP contribution in [-0.4, -0.2) is 16.5 Å². The molecule has 1 N–H and O–H groups in total. The lowest BCUT2D eigenvalue weighted by molar-refractivity contribution is 0.538. The molecule has 0 saturated heterocycles. The maximum Gasteiger partial charge on any atom is 0.197 e. The highest BCUT2D eigenvalue weighted by Gasteiger charge is 2.19. The molecule has 0 fully saturated rings. The second-order valence-corrected chi connectivity index (χ2v) is 5.65. The topological polar surface area (TPSA) is 51.0 Å². The molecule has 0 aliphatic rings. The summed E-state index contributed by atoms with van der Waals surface area (Å²) >= 11 is 0. The fourth-order valence-electron chi connectivity index (χ4n) is 1.77. The molecule has 0 atom stereocenters. The van der Waals surface area contributed by atoms with E-state index in [0.29, 0.717) is 11.6 Å². The van der Waals surface area contributed by atoms with E-state index in [1.54, 1.807) is 0 Å². The molecule has 0 saturated carbocycles. The molecule has 4 heteroatoms. The standard InChI is InChI=1S/C15H21N3O/c1-6-16-13-9-12(15(3,4)5)17-14(18-13)11-8-7-10(2)19-11/h7-9H,6H2,1-5H3,(H,16,17,18). The maximum atomic E-state index is 5.62. The molecule has 0 amide bonds. The first-order valence-electron chi connectivity index (χ1n) is 6.60. The lowest BCUT2D eigenvalue weighted by atomic mass is 9.92. The van der Waals surface area contributed by atoms with Crippen LogP contribution in [-0.2, 0) is 5.41 Å². The van der Waals surface area contributed by atoms with Crippen LogP contribution in [0.15, 0.2) is 22.6 Å². The molecule has 0 unspecified atom stereocenters. The molecule has 102 valence electrons. The Bertz CT molecular complexity index is 567. The van der Waals surface area contributed by atoms with Crippen molar-refractivity contribution < 1.29 is 4.42 Å². The van der Waals surface area contributed by atoms with Gasteiger partial charge in [0, 0.05) is 18.0 Å². The van der Waals surface area contributed by atoms with Crippen LogP contribution in [0.1, 0.15) is 39.1 Å². The Morgan fingerprint density at radius 1 is 1.21 bits per heavy atom. The van der Waals surface area contributed by atoms with Crippen molar-refractivity contribution in [2.75, 3.05) is 11.9 Å². The summed E-state index contributed by atoms with van der Waals surface area (Å²) in [7, 11) is 0. The second-order valence-electron chi connectivity index (χ2n) is 5.65. The summed E-state index contributed by atoms with van der Waals surface area (Å²) in [4.78, 5) is 9.13. The molecular weight excluding hydrogens is 238 g/mol. The third kappa shape index (κ3) is 3.13. The molecule has 0 bridgehead atoms. The molecule has 0 aromatic carbocycles. The van der Waals surface area contributed by atoms with Gasteiger partial charge in [-0.3, -0.25) is 0 Å². The number of aromatic nitrogens is 2. The van der Waals surface area contributed by atoms with Crippen LogP contribution in [0, 0.1) is 6.92 Å². The van der Waals surface area contributed by atoms with Gasteiger partial charge in [-0.2, -0.15) is 0 Å². The molecule has 2 aromatic heterocycles. The van der Waals surface area contributed by atoms with Gasteiger partial charge in [0.1, 0.15) is 11.6 Å². The molecule has 0 radical (unpaired) electrons. The van der Waals surface area contributed by atoms with E-state index in [9.17, 15) is 0 Å². The summed E-state index contributed by atoms with van der Waals surface area (Å²) in [5.74, 6) is 3.05. The number of nitrogens with zero attached hydrogens (tertiary/aromatic N) is 2. The van der Waals surface area contributed by atoms with E-state index in [4.69, 9.17) is 4.42 Å². The van der Waals surface area contributed by atoms with Crippen molar-refractivity contribution in [3.8, 4) is 11.6 Å². The van der Waals surface area contributed by atoms with E-state index in [-0.39, 0.29) is 5.41 Å². The average Bonchev–Trinajstić information content (AvgIpc) is 2.75. The minimum absolute atomic E-state index is 0.0243. The van der Waals surface area contributed by atoms with E-state index in [0.717, 1.165) is 23.8 Å². The van der Waals surface area contributed by atoms with Gasteiger partial charge in [-0.1, -0.05) is 20.8 Å². The molecule has 4 nitrogen and oxygen atoms in total. The van der Waals surface area contributed by atoms with Gasteiger partial charge >= 0.3 is 0 Å². The predicted octanol–water partition coefficient (Wildman–Crippen LogP) is 3.77. The van der Waals surface area contributed by atoms with Gasteiger partial charge in [0.15, 0.2) is 11.6 Å². The monoisotopic (exact) mass is 259 g/mol. The zero-order chi connectivity index (χ0) is 14.0. The van der Waals surface area contributed by atoms with Gasteiger partial charge < -0.3 is 9.73 Å². The van der Waals surface area contributed by atoms with Crippen molar-refractivity contribution >= 4 is 5.82 Å². The first-order valence-corrected chi connectivity index (χ1v) is 6.60. The predicted molar refractivity (Wildman–Crippen MR) is 77.3 cm³/mol. The molecule has 2 heterocycles. The lowest BCUT2D eigenvalue weighted by Crippen LogP contribution is -2.15. The summed E-state index contributed by atoms with van der Waals surface area (Å²) in [6.07, 6.45) is 0. The van der Waals surface area contributed by atoms with E-state index >= 15 is 0 Å². The normalized spacial score (nSPS) is 11.6. The Morgan fingerprint density at radius 3 is 2.47 bits per heavy atom. The maximum absolute atomic E-state index is 5.62. The Labute approximate surface area is 114 Å². The molecule has 0 aliphatic heterocycles. The van der Waals surface area contributed by atoms with E-state index in [2.05, 4.69) is 43.0 Å². The van der Waals surface area contributed by atoms with Crippen LogP contribution in [0.2, 0.25) is 0 Å².